The van der Waals surface area contributed by atoms with Crippen molar-refractivity contribution in [2.45, 2.75) is 33.6 Å². The quantitative estimate of drug-likeness (QED) is 0.729. The van der Waals surface area contributed by atoms with Gasteiger partial charge in [-0.2, -0.15) is 0 Å². The van der Waals surface area contributed by atoms with Crippen molar-refractivity contribution in [3.63, 3.8) is 0 Å². The molecule has 18 heavy (non-hydrogen) atoms. The Morgan fingerprint density at radius 2 is 1.56 bits per heavy atom. The number of hydrogen-bond acceptors (Lipinski definition) is 0. The summed E-state index contributed by atoms with van der Waals surface area (Å²) in [6, 6.07) is 13.4. The molecule has 0 aliphatic heterocycles. The van der Waals surface area contributed by atoms with Crippen molar-refractivity contribution in [2.75, 3.05) is 0 Å². The second-order valence-electron chi connectivity index (χ2n) is 4.90. The molecule has 0 aromatic heterocycles. The molecule has 0 saturated heterocycles. The maximum Gasteiger partial charge on any atom is 0.0240 e. The third-order valence-corrected chi connectivity index (χ3v) is 4.43. The Balaban J connectivity index is 2.27. The fourth-order valence-electron chi connectivity index (χ4n) is 2.28. The van der Waals surface area contributed by atoms with E-state index >= 15 is 0 Å². The van der Waals surface area contributed by atoms with E-state index in [1.165, 1.54) is 32.3 Å². The lowest BCUT2D eigenvalue weighted by Gasteiger charge is -2.10. The number of aryl methyl sites for hydroxylation is 3. The van der Waals surface area contributed by atoms with Crippen molar-refractivity contribution in [3.05, 3.63) is 68.7 Å². The molecule has 1 heteroatoms. The number of benzene rings is 2. The predicted molar refractivity (Wildman–Crippen MR) is 82.2 cm³/mol. The smallest absolute Gasteiger partial charge is 0.0240 e. The maximum absolute atomic E-state index is 3.70. The van der Waals surface area contributed by atoms with E-state index in [-0.39, 0.29) is 0 Å². The molecule has 2 rings (SSSR count). The van der Waals surface area contributed by atoms with Crippen LogP contribution in [0.2, 0.25) is 0 Å². The predicted octanol–water partition coefficient (Wildman–Crippen LogP) is 5.22. The first kappa shape index (κ1) is 13.4. The van der Waals surface area contributed by atoms with Gasteiger partial charge in [-0.3, -0.25) is 0 Å². The molecule has 0 aliphatic rings. The number of rotatable bonds is 3. The van der Waals surface area contributed by atoms with E-state index in [1.807, 2.05) is 0 Å². The second kappa shape index (κ2) is 5.71. The van der Waals surface area contributed by atoms with Gasteiger partial charge >= 0.3 is 0 Å². The van der Waals surface area contributed by atoms with Crippen LogP contribution in [0.3, 0.4) is 0 Å². The van der Waals surface area contributed by atoms with Gasteiger partial charge in [0.2, 0.25) is 0 Å². The van der Waals surface area contributed by atoms with Crippen molar-refractivity contribution in [2.24, 2.45) is 0 Å². The highest BCUT2D eigenvalue weighted by molar-refractivity contribution is 9.10. The summed E-state index contributed by atoms with van der Waals surface area (Å²) in [5.41, 5.74) is 6.79. The Morgan fingerprint density at radius 1 is 0.944 bits per heavy atom. The van der Waals surface area contributed by atoms with Crippen molar-refractivity contribution in [3.8, 4) is 0 Å². The molecule has 2 aromatic carbocycles. The van der Waals surface area contributed by atoms with Gasteiger partial charge in [-0.1, -0.05) is 64.8 Å². The number of hydrogen-bond donors (Lipinski definition) is 0. The van der Waals surface area contributed by atoms with Gasteiger partial charge in [0.25, 0.3) is 0 Å². The van der Waals surface area contributed by atoms with Crippen LogP contribution >= 0.6 is 15.9 Å². The van der Waals surface area contributed by atoms with Gasteiger partial charge in [0.05, 0.1) is 0 Å². The van der Waals surface area contributed by atoms with Gasteiger partial charge in [-0.25, -0.2) is 0 Å². The minimum Gasteiger partial charge on any atom is -0.0613 e. The zero-order valence-corrected chi connectivity index (χ0v) is 12.8. The van der Waals surface area contributed by atoms with Crippen LogP contribution < -0.4 is 0 Å². The molecule has 0 spiro atoms. The van der Waals surface area contributed by atoms with E-state index in [9.17, 15) is 0 Å². The first-order valence-electron chi connectivity index (χ1n) is 6.43. The third kappa shape index (κ3) is 3.02. The Kier molecular flexibility index (Phi) is 4.23. The Morgan fingerprint density at radius 3 is 2.17 bits per heavy atom. The minimum absolute atomic E-state index is 0.993. The van der Waals surface area contributed by atoms with Gasteiger partial charge in [-0.15, -0.1) is 0 Å². The summed E-state index contributed by atoms with van der Waals surface area (Å²) < 4.78 is 1.24. The van der Waals surface area contributed by atoms with E-state index in [2.05, 4.69) is 73.1 Å². The topological polar surface area (TPSA) is 0 Å². The molecule has 94 valence electrons. The van der Waals surface area contributed by atoms with Crippen molar-refractivity contribution < 1.29 is 0 Å². The summed E-state index contributed by atoms with van der Waals surface area (Å²) in [4.78, 5) is 0. The standard InChI is InChI=1S/C17H19Br/c1-4-14-5-7-15(8-6-14)11-16-10-12(2)9-13(3)17(16)18/h5-10H,4,11H2,1-3H3. The molecule has 2 aromatic rings. The van der Waals surface area contributed by atoms with Crippen LogP contribution in [-0.4, -0.2) is 0 Å². The van der Waals surface area contributed by atoms with Crippen molar-refractivity contribution >= 4 is 15.9 Å². The maximum atomic E-state index is 3.70. The van der Waals surface area contributed by atoms with E-state index in [1.54, 1.807) is 0 Å². The molecule has 0 saturated carbocycles. The molecule has 0 unspecified atom stereocenters. The molecular weight excluding hydrogens is 284 g/mol. The zero-order chi connectivity index (χ0) is 13.1. The highest BCUT2D eigenvalue weighted by Gasteiger charge is 2.05. The monoisotopic (exact) mass is 302 g/mol. The largest absolute Gasteiger partial charge is 0.0613 e. The van der Waals surface area contributed by atoms with Crippen LogP contribution in [0.25, 0.3) is 0 Å². The molecule has 0 aliphatic carbocycles. The highest BCUT2D eigenvalue weighted by atomic mass is 79.9. The molecule has 0 N–H and O–H groups in total. The van der Waals surface area contributed by atoms with Gasteiger partial charge in [0.15, 0.2) is 0 Å². The molecule has 0 nitrogen and oxygen atoms in total. The highest BCUT2D eigenvalue weighted by Crippen LogP contribution is 2.25. The zero-order valence-electron chi connectivity index (χ0n) is 11.3. The van der Waals surface area contributed by atoms with Gasteiger partial charge in [0, 0.05) is 4.47 Å². The summed E-state index contributed by atoms with van der Waals surface area (Å²) in [5, 5.41) is 0. The van der Waals surface area contributed by atoms with Crippen LogP contribution in [0.15, 0.2) is 40.9 Å². The van der Waals surface area contributed by atoms with Crippen molar-refractivity contribution in [1.29, 1.82) is 0 Å². The van der Waals surface area contributed by atoms with Crippen LogP contribution in [0.5, 0.6) is 0 Å². The summed E-state index contributed by atoms with van der Waals surface area (Å²) in [6.07, 6.45) is 2.10. The van der Waals surface area contributed by atoms with Crippen LogP contribution in [-0.2, 0) is 12.8 Å². The number of halogens is 1. The Hall–Kier alpha value is -1.08. The molecule has 0 bridgehead atoms. The molecule has 0 fully saturated rings. The van der Waals surface area contributed by atoms with Gasteiger partial charge < -0.3 is 0 Å². The summed E-state index contributed by atoms with van der Waals surface area (Å²) in [7, 11) is 0. The summed E-state index contributed by atoms with van der Waals surface area (Å²) >= 11 is 3.70. The van der Waals surface area contributed by atoms with Crippen molar-refractivity contribution in [1.82, 2.24) is 0 Å². The molecule has 0 radical (unpaired) electrons. The molecule has 0 atom stereocenters. The van der Waals surface area contributed by atoms with Crippen LogP contribution in [0, 0.1) is 13.8 Å². The fraction of sp³-hybridized carbons (Fsp3) is 0.294. The van der Waals surface area contributed by atoms with E-state index in [0.29, 0.717) is 0 Å². The molecule has 0 heterocycles. The fourth-order valence-corrected chi connectivity index (χ4v) is 2.65. The first-order chi connectivity index (χ1) is 8.60. The lowest BCUT2D eigenvalue weighted by molar-refractivity contribution is 1.11. The van der Waals surface area contributed by atoms with E-state index in [4.69, 9.17) is 0 Å². The van der Waals surface area contributed by atoms with Gasteiger partial charge in [-0.05, 0) is 48.9 Å². The van der Waals surface area contributed by atoms with E-state index < -0.39 is 0 Å². The summed E-state index contributed by atoms with van der Waals surface area (Å²) in [5.74, 6) is 0. The van der Waals surface area contributed by atoms with Crippen LogP contribution in [0.1, 0.15) is 34.7 Å². The minimum atomic E-state index is 0.993. The molecule has 0 amide bonds. The Labute approximate surface area is 118 Å². The first-order valence-corrected chi connectivity index (χ1v) is 7.23. The summed E-state index contributed by atoms with van der Waals surface area (Å²) in [6.45, 7) is 6.50. The molecular formula is C17H19Br. The average Bonchev–Trinajstić information content (AvgIpc) is 2.36. The average molecular weight is 303 g/mol. The van der Waals surface area contributed by atoms with Crippen LogP contribution in [0.4, 0.5) is 0 Å². The van der Waals surface area contributed by atoms with Gasteiger partial charge in [0.1, 0.15) is 0 Å². The normalized spacial score (nSPS) is 10.7. The SMILES string of the molecule is CCc1ccc(Cc2cc(C)cc(C)c2Br)cc1. The lowest BCUT2D eigenvalue weighted by atomic mass is 9.99. The van der Waals surface area contributed by atoms with E-state index in [0.717, 1.165) is 12.8 Å². The third-order valence-electron chi connectivity index (χ3n) is 3.30. The second-order valence-corrected chi connectivity index (χ2v) is 5.69. The Bertz CT molecular complexity index is 538. The lowest BCUT2D eigenvalue weighted by Crippen LogP contribution is -1.93.